The van der Waals surface area contributed by atoms with Crippen LogP contribution in [0.1, 0.15) is 26.2 Å². The molecule has 112 valence electrons. The molecule has 0 radical (unpaired) electrons. The quantitative estimate of drug-likeness (QED) is 0.532. The van der Waals surface area contributed by atoms with E-state index >= 15 is 0 Å². The van der Waals surface area contributed by atoms with E-state index in [4.69, 9.17) is 14.9 Å². The van der Waals surface area contributed by atoms with Crippen molar-refractivity contribution in [1.82, 2.24) is 10.2 Å². The summed E-state index contributed by atoms with van der Waals surface area (Å²) < 4.78 is 4.97. The van der Waals surface area contributed by atoms with Gasteiger partial charge in [0.05, 0.1) is 19.1 Å². The fraction of sp³-hybridized carbons (Fsp3) is 0.833. The Morgan fingerprint density at radius 1 is 1.37 bits per heavy atom. The Morgan fingerprint density at radius 2 is 2.05 bits per heavy atom. The van der Waals surface area contributed by atoms with Crippen molar-refractivity contribution in [2.75, 3.05) is 33.4 Å². The smallest absolute Gasteiger partial charge is 0.317 e. The van der Waals surface area contributed by atoms with Gasteiger partial charge in [0.25, 0.3) is 0 Å². The van der Waals surface area contributed by atoms with Gasteiger partial charge >= 0.3 is 12.0 Å². The van der Waals surface area contributed by atoms with Crippen molar-refractivity contribution >= 4 is 12.0 Å². The summed E-state index contributed by atoms with van der Waals surface area (Å²) >= 11 is 0. The molecule has 0 aromatic carbocycles. The molecule has 19 heavy (non-hydrogen) atoms. The second-order valence-electron chi connectivity index (χ2n) is 4.21. The monoisotopic (exact) mass is 276 g/mol. The molecule has 0 heterocycles. The topological polar surface area (TPSA) is 99.1 Å². The van der Waals surface area contributed by atoms with Gasteiger partial charge in [-0.1, -0.05) is 13.3 Å². The van der Waals surface area contributed by atoms with Gasteiger partial charge in [0.1, 0.15) is 0 Å². The molecule has 0 fully saturated rings. The van der Waals surface area contributed by atoms with E-state index in [-0.39, 0.29) is 32.1 Å². The number of carbonyl (C=O) groups is 2. The molecular formula is C12H24N2O5. The van der Waals surface area contributed by atoms with Gasteiger partial charge in [-0.15, -0.1) is 0 Å². The van der Waals surface area contributed by atoms with Crippen molar-refractivity contribution in [2.45, 2.75) is 32.3 Å². The molecule has 0 aliphatic heterocycles. The summed E-state index contributed by atoms with van der Waals surface area (Å²) in [5, 5.41) is 20.2. The van der Waals surface area contributed by atoms with E-state index in [1.807, 2.05) is 6.92 Å². The average molecular weight is 276 g/mol. The molecule has 0 bridgehead atoms. The zero-order valence-electron chi connectivity index (χ0n) is 11.6. The molecule has 0 aromatic rings. The maximum atomic E-state index is 11.8. The van der Waals surface area contributed by atoms with Gasteiger partial charge < -0.3 is 25.2 Å². The lowest BCUT2D eigenvalue weighted by atomic mass is 10.2. The number of nitrogens with zero attached hydrogens (tertiary/aromatic N) is 1. The Morgan fingerprint density at radius 3 is 2.53 bits per heavy atom. The Kier molecular flexibility index (Phi) is 9.82. The van der Waals surface area contributed by atoms with Crippen molar-refractivity contribution in [1.29, 1.82) is 0 Å². The number of methoxy groups -OCH3 is 1. The summed E-state index contributed by atoms with van der Waals surface area (Å²) in [4.78, 5) is 23.9. The van der Waals surface area contributed by atoms with Crippen LogP contribution in [0.5, 0.6) is 0 Å². The van der Waals surface area contributed by atoms with Crippen molar-refractivity contribution < 1.29 is 24.5 Å². The molecule has 0 rings (SSSR count). The van der Waals surface area contributed by atoms with Crippen LogP contribution in [0.3, 0.4) is 0 Å². The molecule has 0 spiro atoms. The number of carboxylic acids is 1. The number of aliphatic hydroxyl groups excluding tert-OH is 1. The molecule has 0 saturated carbocycles. The van der Waals surface area contributed by atoms with E-state index < -0.39 is 12.1 Å². The highest BCUT2D eigenvalue weighted by molar-refractivity contribution is 5.74. The van der Waals surface area contributed by atoms with Crippen LogP contribution in [-0.2, 0) is 9.53 Å². The van der Waals surface area contributed by atoms with Crippen LogP contribution < -0.4 is 5.32 Å². The average Bonchev–Trinajstić information content (AvgIpc) is 2.38. The first kappa shape index (κ1) is 17.7. The van der Waals surface area contributed by atoms with Gasteiger partial charge in [0.2, 0.25) is 0 Å². The Bertz CT molecular complexity index is 273. The van der Waals surface area contributed by atoms with Crippen molar-refractivity contribution in [2.24, 2.45) is 0 Å². The Labute approximate surface area is 113 Å². The fourth-order valence-corrected chi connectivity index (χ4v) is 1.53. The minimum Gasteiger partial charge on any atom is -0.481 e. The molecule has 1 unspecified atom stereocenters. The van der Waals surface area contributed by atoms with Crippen LogP contribution in [0.25, 0.3) is 0 Å². The number of nitrogens with one attached hydrogen (secondary N) is 1. The number of urea groups is 1. The van der Waals surface area contributed by atoms with Crippen LogP contribution in [0, 0.1) is 0 Å². The van der Waals surface area contributed by atoms with Crippen LogP contribution >= 0.6 is 0 Å². The van der Waals surface area contributed by atoms with Crippen LogP contribution in [0.4, 0.5) is 4.79 Å². The molecule has 0 aliphatic rings. The normalized spacial score (nSPS) is 11.9. The third-order valence-corrected chi connectivity index (χ3v) is 2.66. The molecule has 7 nitrogen and oxygen atoms in total. The van der Waals surface area contributed by atoms with Gasteiger partial charge in [-0.3, -0.25) is 4.79 Å². The first-order valence-corrected chi connectivity index (χ1v) is 6.43. The highest BCUT2D eigenvalue weighted by Crippen LogP contribution is 1.98. The highest BCUT2D eigenvalue weighted by atomic mass is 16.5. The summed E-state index contributed by atoms with van der Waals surface area (Å²) in [5.74, 6) is -0.973. The van der Waals surface area contributed by atoms with E-state index in [1.165, 1.54) is 12.0 Å². The van der Waals surface area contributed by atoms with E-state index in [0.717, 1.165) is 12.8 Å². The number of aliphatic carboxylic acids is 1. The number of rotatable bonds is 10. The molecule has 7 heteroatoms. The van der Waals surface area contributed by atoms with Crippen molar-refractivity contribution in [3.05, 3.63) is 0 Å². The van der Waals surface area contributed by atoms with Crippen molar-refractivity contribution in [3.8, 4) is 0 Å². The minimum absolute atomic E-state index is 0.0973. The van der Waals surface area contributed by atoms with E-state index in [2.05, 4.69) is 5.32 Å². The maximum absolute atomic E-state index is 11.8. The molecule has 0 aliphatic carbocycles. The lowest BCUT2D eigenvalue weighted by Crippen LogP contribution is -2.45. The summed E-state index contributed by atoms with van der Waals surface area (Å²) in [6.45, 7) is 2.89. The van der Waals surface area contributed by atoms with Gasteiger partial charge in [-0.05, 0) is 6.42 Å². The van der Waals surface area contributed by atoms with E-state index in [1.54, 1.807) is 0 Å². The Hall–Kier alpha value is -1.34. The first-order valence-electron chi connectivity index (χ1n) is 6.43. The SMILES string of the molecule is CCCCN(CCO)C(=O)NCC(CC(=O)O)OC. The molecular weight excluding hydrogens is 252 g/mol. The van der Waals surface area contributed by atoms with Gasteiger partial charge in [-0.25, -0.2) is 4.79 Å². The number of hydrogen-bond donors (Lipinski definition) is 3. The van der Waals surface area contributed by atoms with E-state index in [0.29, 0.717) is 6.54 Å². The summed E-state index contributed by atoms with van der Waals surface area (Å²) in [6, 6.07) is -0.310. The fourth-order valence-electron chi connectivity index (χ4n) is 1.53. The number of hydrogen-bond acceptors (Lipinski definition) is 4. The number of aliphatic hydroxyl groups is 1. The second-order valence-corrected chi connectivity index (χ2v) is 4.21. The van der Waals surface area contributed by atoms with Crippen LogP contribution in [0.2, 0.25) is 0 Å². The summed E-state index contributed by atoms with van der Waals surface area (Å²) in [7, 11) is 1.41. The zero-order chi connectivity index (χ0) is 14.7. The Balaban J connectivity index is 4.18. The summed E-state index contributed by atoms with van der Waals surface area (Å²) in [5.41, 5.74) is 0. The summed E-state index contributed by atoms with van der Waals surface area (Å²) in [6.07, 6.45) is 1.10. The van der Waals surface area contributed by atoms with Crippen LogP contribution in [-0.4, -0.2) is 66.6 Å². The largest absolute Gasteiger partial charge is 0.481 e. The van der Waals surface area contributed by atoms with E-state index in [9.17, 15) is 9.59 Å². The predicted molar refractivity (Wildman–Crippen MR) is 70.0 cm³/mol. The van der Waals surface area contributed by atoms with Gasteiger partial charge in [-0.2, -0.15) is 0 Å². The molecule has 2 amide bonds. The second kappa shape index (κ2) is 10.6. The van der Waals surface area contributed by atoms with Crippen molar-refractivity contribution in [3.63, 3.8) is 0 Å². The van der Waals surface area contributed by atoms with Gasteiger partial charge in [0.15, 0.2) is 0 Å². The number of ether oxygens (including phenoxy) is 1. The third kappa shape index (κ3) is 8.39. The number of amides is 2. The molecule has 1 atom stereocenters. The predicted octanol–water partition coefficient (Wildman–Crippen LogP) is 0.280. The molecule has 0 saturated heterocycles. The van der Waals surface area contributed by atoms with Gasteiger partial charge in [0, 0.05) is 26.7 Å². The zero-order valence-corrected chi connectivity index (χ0v) is 11.6. The minimum atomic E-state index is -0.973. The molecule has 0 aromatic heterocycles. The third-order valence-electron chi connectivity index (χ3n) is 2.66. The number of unbranched alkanes of at least 4 members (excludes halogenated alkanes) is 1. The highest BCUT2D eigenvalue weighted by Gasteiger charge is 2.16. The number of carboxylic acid groups (broad SMARTS) is 1. The lowest BCUT2D eigenvalue weighted by molar-refractivity contribution is -0.139. The number of carbonyl (C=O) groups excluding carboxylic acids is 1. The first-order chi connectivity index (χ1) is 9.04. The molecule has 3 N–H and O–H groups in total. The maximum Gasteiger partial charge on any atom is 0.317 e. The lowest BCUT2D eigenvalue weighted by Gasteiger charge is -2.23. The standard InChI is InChI=1S/C12H24N2O5/c1-3-4-5-14(6-7-15)12(18)13-9-10(19-2)8-11(16)17/h10,15H,3-9H2,1-2H3,(H,13,18)(H,16,17). The van der Waals surface area contributed by atoms with Crippen LogP contribution in [0.15, 0.2) is 0 Å².